The molecule has 0 bridgehead atoms. The summed E-state index contributed by atoms with van der Waals surface area (Å²) in [5.74, 6) is -0.426. The molecule has 1 atom stereocenters. The Kier molecular flexibility index (Phi) is 8.18. The molecule has 0 aliphatic rings. The highest BCUT2D eigenvalue weighted by molar-refractivity contribution is 7.92. The maximum absolute atomic E-state index is 13.0. The molecule has 0 saturated heterocycles. The lowest BCUT2D eigenvalue weighted by Gasteiger charge is -2.22. The maximum atomic E-state index is 13.0. The maximum Gasteiger partial charge on any atom is 0.240 e. The number of carbonyl (C=O) groups is 1. The van der Waals surface area contributed by atoms with E-state index in [9.17, 15) is 17.6 Å². The van der Waals surface area contributed by atoms with Crippen molar-refractivity contribution in [2.75, 3.05) is 23.7 Å². The molecule has 1 aromatic rings. The quantitative estimate of drug-likeness (QED) is 0.699. The normalized spacial score (nSPS) is 12.7. The third kappa shape index (κ3) is 6.86. The highest BCUT2D eigenvalue weighted by Crippen LogP contribution is 2.17. The minimum Gasteiger partial charge on any atom is -0.354 e. The van der Waals surface area contributed by atoms with Crippen molar-refractivity contribution in [1.29, 1.82) is 0 Å². The van der Waals surface area contributed by atoms with Crippen molar-refractivity contribution < 1.29 is 17.6 Å². The second-order valence-corrected chi connectivity index (χ2v) is 7.87. The summed E-state index contributed by atoms with van der Waals surface area (Å²) in [6.45, 7) is 4.43. The van der Waals surface area contributed by atoms with Gasteiger partial charge >= 0.3 is 0 Å². The Bertz CT molecular complexity index is 617. The van der Waals surface area contributed by atoms with E-state index >= 15 is 0 Å². The van der Waals surface area contributed by atoms with Crippen LogP contribution in [0.2, 0.25) is 0 Å². The van der Waals surface area contributed by atoms with Crippen molar-refractivity contribution in [2.24, 2.45) is 5.92 Å². The fourth-order valence-corrected chi connectivity index (χ4v) is 3.25. The van der Waals surface area contributed by atoms with Crippen LogP contribution in [-0.4, -0.2) is 33.7 Å². The average molecular weight is 358 g/mol. The number of anilines is 1. The van der Waals surface area contributed by atoms with Crippen LogP contribution in [0.25, 0.3) is 0 Å². The standard InChI is InChI=1S/C17H27FN2O3S/c1-4-6-7-14(5-2)12-19-17(21)13-20(24(3,22)23)16-10-8-15(18)9-11-16/h8-11,14H,4-7,12-13H2,1-3H3,(H,19,21)/t14-/m1/s1. The second kappa shape index (κ2) is 9.61. The molecule has 1 amide bonds. The summed E-state index contributed by atoms with van der Waals surface area (Å²) >= 11 is 0. The van der Waals surface area contributed by atoms with Gasteiger partial charge in [-0.05, 0) is 36.6 Å². The molecule has 1 rings (SSSR count). The molecule has 7 heteroatoms. The number of halogens is 1. The zero-order valence-corrected chi connectivity index (χ0v) is 15.4. The minimum absolute atomic E-state index is 0.270. The van der Waals surface area contributed by atoms with Crippen molar-refractivity contribution in [3.63, 3.8) is 0 Å². The van der Waals surface area contributed by atoms with Crippen molar-refractivity contribution in [3.05, 3.63) is 30.1 Å². The Labute approximate surface area is 144 Å². The first-order valence-electron chi connectivity index (χ1n) is 8.27. The van der Waals surface area contributed by atoms with Gasteiger partial charge in [0.15, 0.2) is 0 Å². The molecule has 0 saturated carbocycles. The molecule has 0 heterocycles. The molecular weight excluding hydrogens is 331 g/mol. The summed E-state index contributed by atoms with van der Waals surface area (Å²) < 4.78 is 37.9. The zero-order valence-electron chi connectivity index (χ0n) is 14.6. The number of nitrogens with one attached hydrogen (secondary N) is 1. The Morgan fingerprint density at radius 1 is 1.25 bits per heavy atom. The number of hydrogen-bond donors (Lipinski definition) is 1. The monoisotopic (exact) mass is 358 g/mol. The van der Waals surface area contributed by atoms with Gasteiger partial charge in [0.1, 0.15) is 12.4 Å². The number of nitrogens with zero attached hydrogens (tertiary/aromatic N) is 1. The molecule has 0 aliphatic carbocycles. The van der Waals surface area contributed by atoms with E-state index in [4.69, 9.17) is 0 Å². The van der Waals surface area contributed by atoms with Gasteiger partial charge in [-0.2, -0.15) is 0 Å². The van der Waals surface area contributed by atoms with E-state index in [1.54, 1.807) is 0 Å². The van der Waals surface area contributed by atoms with E-state index in [1.807, 2.05) is 0 Å². The lowest BCUT2D eigenvalue weighted by atomic mass is 9.99. The summed E-state index contributed by atoms with van der Waals surface area (Å²) in [6.07, 6.45) is 5.26. The molecule has 136 valence electrons. The molecule has 5 nitrogen and oxygen atoms in total. The highest BCUT2D eigenvalue weighted by Gasteiger charge is 2.21. The van der Waals surface area contributed by atoms with E-state index in [1.165, 1.54) is 24.3 Å². The van der Waals surface area contributed by atoms with E-state index in [0.29, 0.717) is 12.5 Å². The van der Waals surface area contributed by atoms with Crippen molar-refractivity contribution in [3.8, 4) is 0 Å². The smallest absolute Gasteiger partial charge is 0.240 e. The lowest BCUT2D eigenvalue weighted by molar-refractivity contribution is -0.119. The van der Waals surface area contributed by atoms with Crippen LogP contribution in [0, 0.1) is 11.7 Å². The number of amides is 1. The summed E-state index contributed by atoms with van der Waals surface area (Å²) in [4.78, 5) is 12.1. The van der Waals surface area contributed by atoms with Gasteiger partial charge in [0.2, 0.25) is 15.9 Å². The molecule has 0 spiro atoms. The van der Waals surface area contributed by atoms with Crippen LogP contribution in [0.15, 0.2) is 24.3 Å². The molecule has 0 aliphatic heterocycles. The van der Waals surface area contributed by atoms with Gasteiger partial charge in [0.05, 0.1) is 11.9 Å². The van der Waals surface area contributed by atoms with Crippen LogP contribution in [0.4, 0.5) is 10.1 Å². The van der Waals surface area contributed by atoms with Crippen LogP contribution in [-0.2, 0) is 14.8 Å². The fourth-order valence-electron chi connectivity index (χ4n) is 2.40. The highest BCUT2D eigenvalue weighted by atomic mass is 32.2. The Balaban J connectivity index is 2.70. The number of benzene rings is 1. The van der Waals surface area contributed by atoms with Gasteiger partial charge in [-0.3, -0.25) is 9.10 Å². The third-order valence-electron chi connectivity index (χ3n) is 3.93. The molecule has 1 N–H and O–H groups in total. The van der Waals surface area contributed by atoms with Crippen LogP contribution >= 0.6 is 0 Å². The van der Waals surface area contributed by atoms with Crippen molar-refractivity contribution in [1.82, 2.24) is 5.32 Å². The van der Waals surface area contributed by atoms with E-state index in [0.717, 1.165) is 36.2 Å². The van der Waals surface area contributed by atoms with Gasteiger partial charge in [-0.15, -0.1) is 0 Å². The predicted octanol–water partition coefficient (Wildman–Crippen LogP) is 2.92. The molecule has 1 aromatic carbocycles. The van der Waals surface area contributed by atoms with Crippen molar-refractivity contribution in [2.45, 2.75) is 39.5 Å². The van der Waals surface area contributed by atoms with E-state index < -0.39 is 15.8 Å². The number of rotatable bonds is 10. The summed E-state index contributed by atoms with van der Waals surface area (Å²) in [6, 6.07) is 5.03. The number of sulfonamides is 1. The minimum atomic E-state index is -3.63. The van der Waals surface area contributed by atoms with Crippen LogP contribution in [0.1, 0.15) is 39.5 Å². The zero-order chi connectivity index (χ0) is 18.2. The number of hydrogen-bond acceptors (Lipinski definition) is 3. The van der Waals surface area contributed by atoms with Gasteiger partial charge in [-0.25, -0.2) is 12.8 Å². The molecule has 0 aromatic heterocycles. The lowest BCUT2D eigenvalue weighted by Crippen LogP contribution is -2.41. The Morgan fingerprint density at radius 2 is 1.88 bits per heavy atom. The summed E-state index contributed by atoms with van der Waals surface area (Å²) in [5, 5.41) is 2.81. The molecule has 24 heavy (non-hydrogen) atoms. The van der Waals surface area contributed by atoms with Gasteiger partial charge in [0, 0.05) is 6.54 Å². The SMILES string of the molecule is CCCC[C@@H](CC)CNC(=O)CN(c1ccc(F)cc1)S(C)(=O)=O. The third-order valence-corrected chi connectivity index (χ3v) is 5.07. The summed E-state index contributed by atoms with van der Waals surface area (Å²) in [7, 11) is -3.63. The topological polar surface area (TPSA) is 66.5 Å². The number of carbonyl (C=O) groups excluding carboxylic acids is 1. The fraction of sp³-hybridized carbons (Fsp3) is 0.588. The number of unbranched alkanes of at least 4 members (excludes halogenated alkanes) is 1. The molecule has 0 radical (unpaired) electrons. The van der Waals surface area contributed by atoms with E-state index in [2.05, 4.69) is 19.2 Å². The first-order valence-corrected chi connectivity index (χ1v) is 10.1. The van der Waals surface area contributed by atoms with Crippen LogP contribution in [0.3, 0.4) is 0 Å². The van der Waals surface area contributed by atoms with Crippen molar-refractivity contribution >= 4 is 21.6 Å². The molecule has 0 unspecified atom stereocenters. The second-order valence-electron chi connectivity index (χ2n) is 5.97. The van der Waals surface area contributed by atoms with E-state index in [-0.39, 0.29) is 18.1 Å². The molecule has 0 fully saturated rings. The predicted molar refractivity (Wildman–Crippen MR) is 94.9 cm³/mol. The first kappa shape index (κ1) is 20.4. The molecular formula is C17H27FN2O3S. The van der Waals surface area contributed by atoms with Gasteiger partial charge in [-0.1, -0.05) is 33.1 Å². The first-order chi connectivity index (χ1) is 11.3. The Morgan fingerprint density at radius 3 is 2.38 bits per heavy atom. The Hall–Kier alpha value is -1.63. The van der Waals surface area contributed by atoms with Crippen LogP contribution in [0.5, 0.6) is 0 Å². The van der Waals surface area contributed by atoms with Gasteiger partial charge < -0.3 is 5.32 Å². The van der Waals surface area contributed by atoms with Gasteiger partial charge in [0.25, 0.3) is 0 Å². The largest absolute Gasteiger partial charge is 0.354 e. The van der Waals surface area contributed by atoms with Crippen LogP contribution < -0.4 is 9.62 Å². The summed E-state index contributed by atoms with van der Waals surface area (Å²) in [5.41, 5.74) is 0.270. The average Bonchev–Trinajstić information content (AvgIpc) is 2.53.